The van der Waals surface area contributed by atoms with Crippen LogP contribution in [0.4, 0.5) is 0 Å². The average Bonchev–Trinajstić information content (AvgIpc) is 2.09. The van der Waals surface area contributed by atoms with Gasteiger partial charge in [-0.3, -0.25) is 62.3 Å². The number of amides is 10. The molecule has 0 radical (unpaired) electrons. The number of hydrogen-bond acceptors (Lipinski definition) is 18. The molecule has 14 atom stereocenters. The Morgan fingerprint density at radius 2 is 1.08 bits per heavy atom. The number of likely N-dealkylation sites (tertiary alicyclic amines) is 1. The van der Waals surface area contributed by atoms with Crippen LogP contribution in [0.25, 0.3) is 0 Å². The quantitative estimate of drug-likeness (QED) is 0.0158. The zero-order valence-electron chi connectivity index (χ0n) is 51.6. The third-order valence-electron chi connectivity index (χ3n) is 14.3. The summed E-state index contributed by atoms with van der Waals surface area (Å²) in [6, 6.07) is -17.6. The summed E-state index contributed by atoms with van der Waals surface area (Å²) in [4.78, 5) is 198. The van der Waals surface area contributed by atoms with Crippen molar-refractivity contribution in [2.45, 2.75) is 181 Å². The smallest absolute Gasteiger partial charge is 0.335 e. The van der Waals surface area contributed by atoms with Crippen molar-refractivity contribution in [1.29, 1.82) is 0 Å². The van der Waals surface area contributed by atoms with Crippen LogP contribution < -0.4 is 59.3 Å². The average molecular weight is 1270 g/mol. The number of aliphatic carboxylic acids is 5. The maximum absolute atomic E-state index is 14.7. The van der Waals surface area contributed by atoms with E-state index in [4.69, 9.17) is 16.6 Å². The molecule has 0 aromatic rings. The second-order valence-corrected chi connectivity index (χ2v) is 23.0. The highest BCUT2D eigenvalue weighted by Crippen LogP contribution is 2.26. The number of carbonyl (C=O) groups excluding carboxylic acids is 10. The molecule has 0 saturated carbocycles. The molecule has 1 fully saturated rings. The Morgan fingerprint density at radius 3 is 1.58 bits per heavy atom. The van der Waals surface area contributed by atoms with Crippen molar-refractivity contribution in [3.05, 3.63) is 24.3 Å². The second kappa shape index (κ2) is 38.0. The lowest BCUT2D eigenvalue weighted by Crippen LogP contribution is -2.65. The number of nitrogens with two attached hydrogens (primary N) is 2. The van der Waals surface area contributed by atoms with Crippen molar-refractivity contribution in [2.75, 3.05) is 19.6 Å². The fraction of sp³-hybridized carbons (Fsp3) is 0.661. The van der Waals surface area contributed by atoms with E-state index in [0.717, 1.165) is 31.2 Å². The van der Waals surface area contributed by atoms with Crippen LogP contribution in [0.15, 0.2) is 24.3 Å². The van der Waals surface area contributed by atoms with Gasteiger partial charge in [0.15, 0.2) is 12.1 Å². The van der Waals surface area contributed by atoms with Crippen molar-refractivity contribution < 1.29 is 103 Å². The van der Waals surface area contributed by atoms with E-state index >= 15 is 0 Å². The van der Waals surface area contributed by atoms with Gasteiger partial charge in [0, 0.05) is 12.6 Å². The molecule has 0 aliphatic carbocycles. The van der Waals surface area contributed by atoms with Crippen LogP contribution in [0.1, 0.15) is 114 Å². The standard InChI is InChI=1S/C56H90N12O21/c1-25(2)17-13-11-12-14-19-35(69)62-40(29(8)53(82)83)50(79)66-42(51(80)64-38(26(3)4)48(77)61-33(18-15-16-20-57)46(75)67-43(55(86)87)44(73)56(88)89)31(10)60-47(76)34-21-28(7)24-68(34)52(81)39(27(5)6)65-49(78)41(30(9)54(84)85)63-36(70)23-59-45(74)32(58)22-37(71)72/h11-12,14,19,25-34,38-44,73H,13,15-18,20-24,57-58H2,1-10H3,(H,59,74)(H,60,76)(H,61,77)(H,62,69)(H,63,70)(H,64,80)(H,65,78)(H,66,79)(H,67,75)(H,71,72)(H,82,83)(H,84,85)(H,86,87)(H,88,89)/b12-11-,19-14+/t28-,29?,30?,31?,32+,33+,34+,38-,39+,40+,41-,42+,43+,44?/m1/s1. The number of unbranched alkanes of at least 4 members (excludes halogenated alkanes) is 1. The minimum atomic E-state index is -2.63. The highest BCUT2D eigenvalue weighted by Gasteiger charge is 2.45. The first-order valence-corrected chi connectivity index (χ1v) is 29.0. The highest BCUT2D eigenvalue weighted by atomic mass is 16.4. The predicted octanol–water partition coefficient (Wildman–Crippen LogP) is -4.00. The Kier molecular flexibility index (Phi) is 33.4. The summed E-state index contributed by atoms with van der Waals surface area (Å²) >= 11 is 0. The van der Waals surface area contributed by atoms with Gasteiger partial charge in [-0.25, -0.2) is 9.59 Å². The molecule has 0 bridgehead atoms. The summed E-state index contributed by atoms with van der Waals surface area (Å²) in [5.74, 6) is -24.6. The number of carboxylic acid groups (broad SMARTS) is 5. The van der Waals surface area contributed by atoms with E-state index < -0.39 is 198 Å². The molecule has 0 aromatic heterocycles. The molecule has 0 aromatic carbocycles. The van der Waals surface area contributed by atoms with Gasteiger partial charge in [0.05, 0.1) is 36.9 Å². The number of hydrogen-bond donors (Lipinski definition) is 17. The molecule has 33 heteroatoms. The van der Waals surface area contributed by atoms with Crippen LogP contribution >= 0.6 is 0 Å². The number of carbonyl (C=O) groups is 15. The Hall–Kier alpha value is -8.59. The molecule has 19 N–H and O–H groups in total. The summed E-state index contributed by atoms with van der Waals surface area (Å²) in [5.41, 5.74) is 11.1. The van der Waals surface area contributed by atoms with Crippen molar-refractivity contribution >= 4 is 88.9 Å². The van der Waals surface area contributed by atoms with Crippen LogP contribution in [-0.2, 0) is 71.9 Å². The van der Waals surface area contributed by atoms with Gasteiger partial charge in [-0.1, -0.05) is 66.7 Å². The van der Waals surface area contributed by atoms with Gasteiger partial charge in [-0.15, -0.1) is 0 Å². The SMILES string of the molecule is CC(C)CC/C=C\C=C\C(=O)N[C@H](C(=O)N[C@H](C(=O)N[C@@H](C(=O)N[C@@H](CCCCN)C(=O)N[C@H](C(=O)O)C(O)C(=O)O)C(C)C)C(C)NC(=O)[C@@H]1C[C@@H](C)CN1C(=O)[C@@H](NC(=O)[C@H](NC(=O)CNC(=O)[C@@H](N)CC(=O)O)C(C)C(=O)O)C(C)C)C(C)C(=O)O. The fourth-order valence-electron chi connectivity index (χ4n) is 8.88. The molecule has 4 unspecified atom stereocenters. The molecule has 1 heterocycles. The Balaban J connectivity index is 3.87. The van der Waals surface area contributed by atoms with Crippen LogP contribution in [0.5, 0.6) is 0 Å². The molecule has 10 amide bonds. The summed E-state index contributed by atoms with van der Waals surface area (Å²) in [6.45, 7) is 14.1. The molecule has 33 nitrogen and oxygen atoms in total. The van der Waals surface area contributed by atoms with Gasteiger partial charge in [-0.2, -0.15) is 0 Å². The molecule has 500 valence electrons. The molecular formula is C56H90N12O21. The topological polar surface area (TPSA) is 541 Å². The first-order chi connectivity index (χ1) is 41.4. The van der Waals surface area contributed by atoms with E-state index in [1.807, 2.05) is 19.2 Å². The van der Waals surface area contributed by atoms with Gasteiger partial charge in [0.25, 0.3) is 0 Å². The number of aliphatic hydroxyl groups is 1. The van der Waals surface area contributed by atoms with Crippen molar-refractivity contribution in [1.82, 2.24) is 52.8 Å². The highest BCUT2D eigenvalue weighted by molar-refractivity contribution is 6.01. The van der Waals surface area contributed by atoms with Gasteiger partial charge in [0.1, 0.15) is 42.3 Å². The molecule has 0 spiro atoms. The third-order valence-corrected chi connectivity index (χ3v) is 14.3. The lowest BCUT2D eigenvalue weighted by Gasteiger charge is -2.34. The Morgan fingerprint density at radius 1 is 0.562 bits per heavy atom. The molecule has 89 heavy (non-hydrogen) atoms. The predicted molar refractivity (Wildman–Crippen MR) is 313 cm³/mol. The van der Waals surface area contributed by atoms with Crippen molar-refractivity contribution in [2.24, 2.45) is 47.0 Å². The maximum Gasteiger partial charge on any atom is 0.335 e. The number of aliphatic hydroxyl groups excluding tert-OH is 1. The maximum atomic E-state index is 14.7. The monoisotopic (exact) mass is 1270 g/mol. The third kappa shape index (κ3) is 26.3. The summed E-state index contributed by atoms with van der Waals surface area (Å²) in [7, 11) is 0. The van der Waals surface area contributed by atoms with Crippen LogP contribution in [-0.4, -0.2) is 211 Å². The first kappa shape index (κ1) is 78.4. The number of carboxylic acids is 5. The lowest BCUT2D eigenvalue weighted by atomic mass is 9.97. The molecule has 1 rings (SSSR count). The Bertz CT molecular complexity index is 2610. The van der Waals surface area contributed by atoms with Gasteiger partial charge in [0.2, 0.25) is 59.1 Å². The molecular weight excluding hydrogens is 1180 g/mol. The minimum Gasteiger partial charge on any atom is -0.481 e. The van der Waals surface area contributed by atoms with E-state index in [1.54, 1.807) is 19.1 Å². The summed E-state index contributed by atoms with van der Waals surface area (Å²) in [6.07, 6.45) is 3.95. The molecule has 1 aliphatic heterocycles. The fourth-order valence-corrected chi connectivity index (χ4v) is 8.88. The van der Waals surface area contributed by atoms with E-state index in [2.05, 4.69) is 42.5 Å². The normalized spacial score (nSPS) is 18.1. The van der Waals surface area contributed by atoms with Gasteiger partial charge in [-0.05, 0) is 89.5 Å². The van der Waals surface area contributed by atoms with Gasteiger partial charge < -0.3 is 94.9 Å². The van der Waals surface area contributed by atoms with E-state index in [-0.39, 0.29) is 38.8 Å². The zero-order valence-corrected chi connectivity index (χ0v) is 51.6. The Labute approximate surface area is 514 Å². The lowest BCUT2D eigenvalue weighted by molar-refractivity contribution is -0.157. The zero-order chi connectivity index (χ0) is 68.3. The summed E-state index contributed by atoms with van der Waals surface area (Å²) < 4.78 is 0. The van der Waals surface area contributed by atoms with Crippen LogP contribution in [0.2, 0.25) is 0 Å². The first-order valence-electron chi connectivity index (χ1n) is 29.0. The van der Waals surface area contributed by atoms with E-state index in [1.165, 1.54) is 40.7 Å². The van der Waals surface area contributed by atoms with Crippen molar-refractivity contribution in [3.63, 3.8) is 0 Å². The summed E-state index contributed by atoms with van der Waals surface area (Å²) in [5, 5.41) is 78.6. The second-order valence-electron chi connectivity index (χ2n) is 23.0. The number of rotatable bonds is 39. The number of nitrogens with zero attached hydrogens (tertiary/aromatic N) is 1. The van der Waals surface area contributed by atoms with Crippen LogP contribution in [0.3, 0.4) is 0 Å². The largest absolute Gasteiger partial charge is 0.481 e. The number of allylic oxidation sites excluding steroid dienone is 3. The van der Waals surface area contributed by atoms with Gasteiger partial charge >= 0.3 is 29.8 Å². The minimum absolute atomic E-state index is 0.0500. The molecule has 1 aliphatic rings. The van der Waals surface area contributed by atoms with Crippen molar-refractivity contribution in [3.8, 4) is 0 Å². The van der Waals surface area contributed by atoms with Crippen LogP contribution in [0, 0.1) is 35.5 Å². The van der Waals surface area contributed by atoms with E-state index in [9.17, 15) is 97.5 Å². The molecule has 1 saturated heterocycles. The van der Waals surface area contributed by atoms with E-state index in [0.29, 0.717) is 12.3 Å². The number of nitrogens with one attached hydrogen (secondary N) is 9.